The van der Waals surface area contributed by atoms with Crippen molar-refractivity contribution in [3.63, 3.8) is 0 Å². The van der Waals surface area contributed by atoms with Crippen LogP contribution in [-0.4, -0.2) is 56.5 Å². The highest BCUT2D eigenvalue weighted by atomic mass is 16.6. The summed E-state index contributed by atoms with van der Waals surface area (Å²) in [6.45, 7) is 14.0. The number of fused-ring (bicyclic) bond motifs is 1. The number of benzene rings is 1. The molecule has 1 radical (unpaired) electrons. The fraction of sp³-hybridized carbons (Fsp3) is 0.625. The Hall–Kier alpha value is -2.81. The number of rotatable bonds is 4. The van der Waals surface area contributed by atoms with Crippen LogP contribution in [0.15, 0.2) is 18.2 Å². The smallest absolute Gasteiger partial charge is 0.408 e. The first-order chi connectivity index (χ1) is 15.1. The van der Waals surface area contributed by atoms with Crippen LogP contribution >= 0.6 is 0 Å². The highest BCUT2D eigenvalue weighted by Gasteiger charge is 2.60. The summed E-state index contributed by atoms with van der Waals surface area (Å²) in [5, 5.41) is 29.6. The minimum Gasteiger partial charge on any atom is -0.714 e. The van der Waals surface area contributed by atoms with Crippen LogP contribution in [0.2, 0.25) is 0 Å². The lowest BCUT2D eigenvalue weighted by atomic mass is 9.84. The summed E-state index contributed by atoms with van der Waals surface area (Å²) in [7, 11) is 0. The van der Waals surface area contributed by atoms with E-state index in [1.54, 1.807) is 73.6 Å². The topological polar surface area (TPSA) is 114 Å². The average molecular weight is 461 g/mol. The van der Waals surface area contributed by atoms with Crippen molar-refractivity contribution in [3.8, 4) is 0 Å². The molecular formula is C24H34N3O6. The van der Waals surface area contributed by atoms with Crippen molar-refractivity contribution in [1.29, 1.82) is 0 Å². The average Bonchev–Trinajstić information content (AvgIpc) is 3.09. The molecule has 0 saturated heterocycles. The van der Waals surface area contributed by atoms with Crippen LogP contribution in [0.25, 0.3) is 0 Å². The van der Waals surface area contributed by atoms with E-state index in [9.17, 15) is 20.0 Å². The minimum atomic E-state index is -1.33. The molecule has 9 nitrogen and oxygen atoms in total. The maximum absolute atomic E-state index is 13.0. The molecule has 0 unspecified atom stereocenters. The van der Waals surface area contributed by atoms with Crippen LogP contribution in [-0.2, 0) is 32.3 Å². The van der Waals surface area contributed by atoms with Crippen molar-refractivity contribution in [2.45, 2.75) is 90.4 Å². The first kappa shape index (κ1) is 24.8. The number of carbonyl (C=O) groups excluding carboxylic acids is 2. The fourth-order valence-electron chi connectivity index (χ4n) is 4.21. The molecule has 1 heterocycles. The van der Waals surface area contributed by atoms with E-state index in [1.807, 2.05) is 0 Å². The third-order valence-corrected chi connectivity index (χ3v) is 6.75. The van der Waals surface area contributed by atoms with Crippen molar-refractivity contribution in [1.82, 2.24) is 10.4 Å². The number of nitrogens with zero attached hydrogens (tertiary/aromatic N) is 2. The van der Waals surface area contributed by atoms with Gasteiger partial charge >= 0.3 is 17.9 Å². The molecule has 0 saturated carbocycles. The van der Waals surface area contributed by atoms with Gasteiger partial charge < -0.3 is 20.0 Å². The Morgan fingerprint density at radius 1 is 1.15 bits per heavy atom. The number of ether oxygens (including phenoxy) is 2. The maximum Gasteiger partial charge on any atom is 0.408 e. The van der Waals surface area contributed by atoms with Gasteiger partial charge in [0.15, 0.2) is 5.54 Å². The number of amides is 1. The Kier molecular flexibility index (Phi) is 5.94. The Labute approximate surface area is 194 Å². The predicted molar refractivity (Wildman–Crippen MR) is 121 cm³/mol. The SMILES string of the molecule is CCOC(=O)[C@]1(NC(=O)OC(C)(C)C)Cc2ccc(C3=[N+]([O-])C(C)(C)C(C)(C)N3[O])cc2C1. The maximum atomic E-state index is 13.0. The lowest BCUT2D eigenvalue weighted by Crippen LogP contribution is -2.57. The van der Waals surface area contributed by atoms with E-state index in [-0.39, 0.29) is 25.3 Å². The van der Waals surface area contributed by atoms with Crippen molar-refractivity contribution in [3.05, 3.63) is 40.1 Å². The molecule has 181 valence electrons. The van der Waals surface area contributed by atoms with Crippen molar-refractivity contribution < 1.29 is 29.0 Å². The van der Waals surface area contributed by atoms with E-state index in [0.717, 1.165) is 20.9 Å². The quantitative estimate of drug-likeness (QED) is 0.420. The summed E-state index contributed by atoms with van der Waals surface area (Å²) in [4.78, 5) is 25.5. The van der Waals surface area contributed by atoms with E-state index in [2.05, 4.69) is 5.32 Å². The normalized spacial score (nSPS) is 23.4. The van der Waals surface area contributed by atoms with Crippen molar-refractivity contribution in [2.24, 2.45) is 0 Å². The van der Waals surface area contributed by atoms with Crippen LogP contribution in [0.5, 0.6) is 0 Å². The Morgan fingerprint density at radius 3 is 2.27 bits per heavy atom. The third-order valence-electron chi connectivity index (χ3n) is 6.75. The van der Waals surface area contributed by atoms with Gasteiger partial charge in [0, 0.05) is 18.0 Å². The number of alkyl carbamates (subject to hydrolysis) is 1. The second-order valence-corrected chi connectivity index (χ2v) is 10.8. The fourth-order valence-corrected chi connectivity index (χ4v) is 4.21. The standard InChI is InChI=1S/C24H34N3O6/c1-9-32-19(28)24(25-20(29)33-21(2,3)4)13-16-11-10-15(12-17(16)14-24)18-26(30)22(5,6)23(7,8)27(18)31/h10-12H,9,13-14H2,1-8H3,(H,25,29)/t24-/m0/s1. The Balaban J connectivity index is 1.97. The molecule has 2 aliphatic rings. The van der Waals surface area contributed by atoms with E-state index in [4.69, 9.17) is 9.47 Å². The van der Waals surface area contributed by atoms with Gasteiger partial charge in [0.1, 0.15) is 16.7 Å². The van der Waals surface area contributed by atoms with Crippen LogP contribution in [0.4, 0.5) is 4.79 Å². The number of hydrogen-bond acceptors (Lipinski definition) is 6. The summed E-state index contributed by atoms with van der Waals surface area (Å²) in [6.07, 6.45) is -0.338. The van der Waals surface area contributed by atoms with Gasteiger partial charge in [-0.25, -0.2) is 9.59 Å². The monoisotopic (exact) mass is 460 g/mol. The molecular weight excluding hydrogens is 426 g/mol. The predicted octanol–water partition coefficient (Wildman–Crippen LogP) is 3.09. The highest BCUT2D eigenvalue weighted by molar-refractivity contribution is 5.96. The first-order valence-corrected chi connectivity index (χ1v) is 11.2. The lowest BCUT2D eigenvalue weighted by Gasteiger charge is -2.32. The summed E-state index contributed by atoms with van der Waals surface area (Å²) >= 11 is 0. The van der Waals surface area contributed by atoms with Crippen molar-refractivity contribution in [2.75, 3.05) is 6.61 Å². The summed E-state index contributed by atoms with van der Waals surface area (Å²) in [5.74, 6) is -0.526. The molecule has 1 amide bonds. The van der Waals surface area contributed by atoms with E-state index in [1.165, 1.54) is 0 Å². The molecule has 0 bridgehead atoms. The van der Waals surface area contributed by atoms with Crippen LogP contribution in [0.3, 0.4) is 0 Å². The van der Waals surface area contributed by atoms with E-state index in [0.29, 0.717) is 5.56 Å². The molecule has 1 aliphatic carbocycles. The van der Waals surface area contributed by atoms with Gasteiger partial charge in [-0.05, 0) is 78.6 Å². The zero-order valence-corrected chi connectivity index (χ0v) is 20.7. The van der Waals surface area contributed by atoms with Gasteiger partial charge in [-0.3, -0.25) is 4.74 Å². The molecule has 9 heteroatoms. The second-order valence-electron chi connectivity index (χ2n) is 10.8. The van der Waals surface area contributed by atoms with E-state index >= 15 is 0 Å². The zero-order valence-electron chi connectivity index (χ0n) is 20.7. The molecule has 0 fully saturated rings. The number of hydroxylamine groups is 3. The minimum absolute atomic E-state index is 0.0292. The molecule has 1 aromatic rings. The molecule has 1 N–H and O–H groups in total. The molecule has 1 aliphatic heterocycles. The number of hydrogen-bond donors (Lipinski definition) is 1. The molecule has 0 spiro atoms. The highest BCUT2D eigenvalue weighted by Crippen LogP contribution is 2.39. The number of carbonyl (C=O) groups is 2. The third kappa shape index (κ3) is 4.14. The van der Waals surface area contributed by atoms with Gasteiger partial charge in [0.25, 0.3) is 0 Å². The molecule has 1 aromatic carbocycles. The van der Waals surface area contributed by atoms with Gasteiger partial charge in [-0.2, -0.15) is 0 Å². The molecule has 0 aromatic heterocycles. The van der Waals surface area contributed by atoms with Gasteiger partial charge in [0.05, 0.1) is 12.2 Å². The molecule has 33 heavy (non-hydrogen) atoms. The molecule has 1 atom stereocenters. The van der Waals surface area contributed by atoms with Crippen LogP contribution < -0.4 is 5.32 Å². The van der Waals surface area contributed by atoms with Crippen LogP contribution in [0.1, 0.15) is 72.1 Å². The summed E-state index contributed by atoms with van der Waals surface area (Å²) in [6, 6.07) is 5.24. The Bertz CT molecular complexity index is 1010. The lowest BCUT2D eigenvalue weighted by molar-refractivity contribution is -0.539. The Morgan fingerprint density at radius 2 is 1.76 bits per heavy atom. The van der Waals surface area contributed by atoms with Gasteiger partial charge in [-0.1, -0.05) is 11.1 Å². The number of amidine groups is 1. The first-order valence-electron chi connectivity index (χ1n) is 11.2. The number of nitrogens with one attached hydrogen (secondary N) is 1. The summed E-state index contributed by atoms with van der Waals surface area (Å²) < 4.78 is 11.4. The van der Waals surface area contributed by atoms with E-state index < -0.39 is 34.3 Å². The summed E-state index contributed by atoms with van der Waals surface area (Å²) in [5.41, 5.74) is -1.87. The van der Waals surface area contributed by atoms with Crippen LogP contribution in [0, 0.1) is 5.21 Å². The largest absolute Gasteiger partial charge is 0.714 e. The van der Waals surface area contributed by atoms with Gasteiger partial charge in [0.2, 0.25) is 0 Å². The van der Waals surface area contributed by atoms with Gasteiger partial charge in [-0.15, -0.1) is 0 Å². The molecule has 3 rings (SSSR count). The number of esters is 1. The zero-order chi connectivity index (χ0) is 25.0. The van der Waals surface area contributed by atoms with Crippen molar-refractivity contribution >= 4 is 17.9 Å². The second kappa shape index (κ2) is 7.90.